The number of carbonyl (C=O) groups excluding carboxylic acids is 2. The summed E-state index contributed by atoms with van der Waals surface area (Å²) in [6.07, 6.45) is 1.52. The highest BCUT2D eigenvalue weighted by atomic mass is 35.5. The number of carboxylic acid groups (broad SMARTS) is 1. The van der Waals surface area contributed by atoms with Crippen LogP contribution >= 0.6 is 11.6 Å². The number of aryl methyl sites for hydroxylation is 1. The van der Waals surface area contributed by atoms with Crippen LogP contribution in [0.25, 0.3) is 0 Å². The molecule has 0 unspecified atom stereocenters. The standard InChI is InChI=1S/C15H19ClN4O5/c1-18-5-10(16)12(17-18)13(22)20-4-9-3-19(11(21)6-25-2)7-15(9,8-20)14(23)24/h5,9H,3-4,6-8H2,1-2H3,(H,23,24)/t9-,15-/m1/s1. The highest BCUT2D eigenvalue weighted by molar-refractivity contribution is 6.33. The predicted molar refractivity (Wildman–Crippen MR) is 86.1 cm³/mol. The molecule has 0 bridgehead atoms. The number of likely N-dealkylation sites (tertiary alicyclic amines) is 2. The minimum Gasteiger partial charge on any atom is -0.481 e. The number of aliphatic carboxylic acids is 1. The Morgan fingerprint density at radius 2 is 2.00 bits per heavy atom. The maximum Gasteiger partial charge on any atom is 0.313 e. The Hall–Kier alpha value is -2.13. The number of aromatic nitrogens is 2. The number of fused-ring (bicyclic) bond motifs is 1. The summed E-state index contributed by atoms with van der Waals surface area (Å²) in [6.45, 7) is 0.530. The Kier molecular flexibility index (Phi) is 4.46. The molecule has 2 saturated heterocycles. The van der Waals surface area contributed by atoms with Crippen LogP contribution in [-0.4, -0.2) is 82.4 Å². The van der Waals surface area contributed by atoms with Gasteiger partial charge in [-0.05, 0) is 0 Å². The number of carboxylic acids is 1. The van der Waals surface area contributed by atoms with E-state index in [-0.39, 0.29) is 55.3 Å². The number of ether oxygens (including phenoxy) is 1. The predicted octanol–water partition coefficient (Wildman–Crippen LogP) is -0.295. The Balaban J connectivity index is 1.80. The average molecular weight is 371 g/mol. The molecule has 2 fully saturated rings. The van der Waals surface area contributed by atoms with Crippen molar-refractivity contribution < 1.29 is 24.2 Å². The zero-order chi connectivity index (χ0) is 18.4. The van der Waals surface area contributed by atoms with E-state index in [2.05, 4.69) is 5.10 Å². The van der Waals surface area contributed by atoms with Crippen LogP contribution in [-0.2, 0) is 21.4 Å². The molecular formula is C15H19ClN4O5. The highest BCUT2D eigenvalue weighted by Crippen LogP contribution is 2.43. The average Bonchev–Trinajstić information content (AvgIpc) is 3.17. The molecule has 0 spiro atoms. The minimum atomic E-state index is -1.17. The number of nitrogens with zero attached hydrogens (tertiary/aromatic N) is 4. The largest absolute Gasteiger partial charge is 0.481 e. The SMILES string of the molecule is COCC(=O)N1C[C@@H]2CN(C(=O)c3nn(C)cc3Cl)C[C@]2(C(=O)O)C1. The number of hydrogen-bond donors (Lipinski definition) is 1. The molecule has 9 nitrogen and oxygen atoms in total. The van der Waals surface area contributed by atoms with Crippen LogP contribution in [0.3, 0.4) is 0 Å². The smallest absolute Gasteiger partial charge is 0.313 e. The second-order valence-corrected chi connectivity index (χ2v) is 6.96. The van der Waals surface area contributed by atoms with E-state index in [1.165, 1.54) is 27.8 Å². The lowest BCUT2D eigenvalue weighted by molar-refractivity contribution is -0.149. The Morgan fingerprint density at radius 3 is 2.52 bits per heavy atom. The van der Waals surface area contributed by atoms with Gasteiger partial charge in [-0.3, -0.25) is 19.1 Å². The summed E-state index contributed by atoms with van der Waals surface area (Å²) in [5.41, 5.74) is -1.06. The molecule has 10 heteroatoms. The van der Waals surface area contributed by atoms with Crippen molar-refractivity contribution in [3.63, 3.8) is 0 Å². The molecule has 2 aliphatic heterocycles. The zero-order valence-corrected chi connectivity index (χ0v) is 14.7. The van der Waals surface area contributed by atoms with Crippen LogP contribution in [0.4, 0.5) is 0 Å². The quantitative estimate of drug-likeness (QED) is 0.780. The number of amides is 2. The Bertz CT molecular complexity index is 736. The minimum absolute atomic E-state index is 0.0233. The fourth-order valence-electron chi connectivity index (χ4n) is 3.68. The van der Waals surface area contributed by atoms with Gasteiger partial charge in [-0.25, -0.2) is 0 Å². The van der Waals surface area contributed by atoms with Crippen molar-refractivity contribution in [3.05, 3.63) is 16.9 Å². The molecule has 2 atom stereocenters. The van der Waals surface area contributed by atoms with Gasteiger partial charge in [-0.15, -0.1) is 0 Å². The summed E-state index contributed by atoms with van der Waals surface area (Å²) in [5, 5.41) is 14.1. The van der Waals surface area contributed by atoms with Crippen molar-refractivity contribution in [2.75, 3.05) is 39.9 Å². The molecule has 1 aromatic rings. The summed E-state index contributed by atoms with van der Waals surface area (Å²) < 4.78 is 6.27. The molecule has 0 aliphatic carbocycles. The summed E-state index contributed by atoms with van der Waals surface area (Å²) in [5.74, 6) is -1.98. The van der Waals surface area contributed by atoms with E-state index in [1.54, 1.807) is 7.05 Å². The third-order valence-electron chi connectivity index (χ3n) is 4.93. The normalized spacial score (nSPS) is 25.3. The number of methoxy groups -OCH3 is 1. The molecule has 3 rings (SSSR count). The lowest BCUT2D eigenvalue weighted by Gasteiger charge is -2.25. The summed E-state index contributed by atoms with van der Waals surface area (Å²) in [6, 6.07) is 0. The van der Waals surface area contributed by atoms with Crippen LogP contribution in [0.2, 0.25) is 5.02 Å². The topological polar surface area (TPSA) is 105 Å². The molecule has 2 aliphatic rings. The van der Waals surface area contributed by atoms with E-state index in [1.807, 2.05) is 0 Å². The van der Waals surface area contributed by atoms with Gasteiger partial charge >= 0.3 is 5.97 Å². The molecule has 0 radical (unpaired) electrons. The fraction of sp³-hybridized carbons (Fsp3) is 0.600. The van der Waals surface area contributed by atoms with E-state index >= 15 is 0 Å². The molecule has 1 N–H and O–H groups in total. The van der Waals surface area contributed by atoms with Crippen molar-refractivity contribution in [2.45, 2.75) is 0 Å². The summed E-state index contributed by atoms with van der Waals surface area (Å²) in [4.78, 5) is 39.6. The second kappa shape index (κ2) is 6.30. The third kappa shape index (κ3) is 2.87. The molecule has 3 heterocycles. The van der Waals surface area contributed by atoms with Crippen molar-refractivity contribution in [3.8, 4) is 0 Å². The number of rotatable bonds is 4. The number of hydrogen-bond acceptors (Lipinski definition) is 5. The monoisotopic (exact) mass is 370 g/mol. The summed E-state index contributed by atoms with van der Waals surface area (Å²) >= 11 is 6.02. The van der Waals surface area contributed by atoms with Gasteiger partial charge in [0.15, 0.2) is 5.69 Å². The van der Waals surface area contributed by atoms with E-state index in [0.717, 1.165) is 0 Å². The van der Waals surface area contributed by atoms with E-state index in [4.69, 9.17) is 16.3 Å². The van der Waals surface area contributed by atoms with Gasteiger partial charge in [0.1, 0.15) is 12.0 Å². The second-order valence-electron chi connectivity index (χ2n) is 6.55. The maximum absolute atomic E-state index is 12.7. The van der Waals surface area contributed by atoms with Crippen molar-refractivity contribution in [1.82, 2.24) is 19.6 Å². The molecule has 0 saturated carbocycles. The van der Waals surface area contributed by atoms with Gasteiger partial charge in [0.2, 0.25) is 5.91 Å². The Morgan fingerprint density at radius 1 is 1.36 bits per heavy atom. The third-order valence-corrected chi connectivity index (χ3v) is 5.21. The number of carbonyl (C=O) groups is 3. The van der Waals surface area contributed by atoms with Gasteiger partial charge < -0.3 is 19.6 Å². The van der Waals surface area contributed by atoms with E-state index in [9.17, 15) is 19.5 Å². The first-order valence-corrected chi connectivity index (χ1v) is 8.15. The van der Waals surface area contributed by atoms with E-state index < -0.39 is 17.3 Å². The first-order chi connectivity index (χ1) is 11.8. The van der Waals surface area contributed by atoms with Crippen molar-refractivity contribution in [1.29, 1.82) is 0 Å². The molecular weight excluding hydrogens is 352 g/mol. The van der Waals surface area contributed by atoms with Gasteiger partial charge in [-0.1, -0.05) is 11.6 Å². The fourth-order valence-corrected chi connectivity index (χ4v) is 3.94. The molecule has 25 heavy (non-hydrogen) atoms. The lowest BCUT2D eigenvalue weighted by Crippen LogP contribution is -2.43. The van der Waals surface area contributed by atoms with Crippen LogP contribution in [0.1, 0.15) is 10.5 Å². The molecule has 136 valence electrons. The van der Waals surface area contributed by atoms with Crippen molar-refractivity contribution in [2.24, 2.45) is 18.4 Å². The first-order valence-electron chi connectivity index (χ1n) is 7.77. The van der Waals surface area contributed by atoms with Gasteiger partial charge in [0.05, 0.1) is 5.02 Å². The van der Waals surface area contributed by atoms with E-state index in [0.29, 0.717) is 0 Å². The number of halogens is 1. The van der Waals surface area contributed by atoms with Gasteiger partial charge in [-0.2, -0.15) is 5.10 Å². The van der Waals surface area contributed by atoms with Gasteiger partial charge in [0, 0.05) is 52.5 Å². The van der Waals surface area contributed by atoms with Crippen LogP contribution in [0.5, 0.6) is 0 Å². The van der Waals surface area contributed by atoms with Crippen LogP contribution in [0.15, 0.2) is 6.20 Å². The Labute approximate surface area is 149 Å². The molecule has 0 aromatic carbocycles. The van der Waals surface area contributed by atoms with Crippen LogP contribution < -0.4 is 0 Å². The summed E-state index contributed by atoms with van der Waals surface area (Å²) in [7, 11) is 3.07. The van der Waals surface area contributed by atoms with Gasteiger partial charge in [0.25, 0.3) is 5.91 Å². The maximum atomic E-state index is 12.7. The molecule has 1 aromatic heterocycles. The highest BCUT2D eigenvalue weighted by Gasteiger charge is 2.59. The lowest BCUT2D eigenvalue weighted by atomic mass is 9.81. The molecule has 2 amide bonds. The zero-order valence-electron chi connectivity index (χ0n) is 13.9. The van der Waals surface area contributed by atoms with Crippen molar-refractivity contribution >= 4 is 29.4 Å². The van der Waals surface area contributed by atoms with Crippen LogP contribution in [0, 0.1) is 11.3 Å². The first kappa shape index (κ1) is 17.7.